The molecule has 0 saturated carbocycles. The number of benzene rings is 2. The summed E-state index contributed by atoms with van der Waals surface area (Å²) >= 11 is 1.18. The van der Waals surface area contributed by atoms with E-state index in [1.165, 1.54) is 18.0 Å². The molecule has 1 amide bonds. The number of nitrogens with zero attached hydrogens (tertiary/aromatic N) is 3. The van der Waals surface area contributed by atoms with Gasteiger partial charge in [-0.25, -0.2) is 9.67 Å². The minimum absolute atomic E-state index is 0.124. The van der Waals surface area contributed by atoms with Crippen LogP contribution in [0.3, 0.4) is 0 Å². The molecular formula is C23H23N5O2S. The maximum absolute atomic E-state index is 12.5. The van der Waals surface area contributed by atoms with Gasteiger partial charge in [0, 0.05) is 5.69 Å². The zero-order chi connectivity index (χ0) is 22.1. The number of nitrogens with one attached hydrogen (secondary N) is 2. The topological polar surface area (TPSA) is 92.7 Å². The molecule has 2 N–H and O–H groups in total. The molecule has 2 aromatic heterocycles. The van der Waals surface area contributed by atoms with E-state index < -0.39 is 0 Å². The van der Waals surface area contributed by atoms with Crippen LogP contribution in [0.1, 0.15) is 22.3 Å². The molecule has 0 aliphatic heterocycles. The maximum Gasteiger partial charge on any atom is 0.262 e. The summed E-state index contributed by atoms with van der Waals surface area (Å²) < 4.78 is 1.67. The van der Waals surface area contributed by atoms with Crippen molar-refractivity contribution in [1.82, 2.24) is 19.7 Å². The van der Waals surface area contributed by atoms with Gasteiger partial charge in [-0.1, -0.05) is 30.0 Å². The molecule has 0 saturated heterocycles. The van der Waals surface area contributed by atoms with Crippen molar-refractivity contribution >= 4 is 34.4 Å². The molecular weight excluding hydrogens is 410 g/mol. The standard InChI is InChI=1S/C23H23N5O2S/c1-13-8-14(2)10-17(9-13)25-20(29)12-31-23-26-21-18(22(30)27-23)11-24-28(21)19-7-5-6-15(3)16(19)4/h5-11H,12H2,1-4H3,(H,25,29)(H,26,27,30). The summed E-state index contributed by atoms with van der Waals surface area (Å²) in [5, 5.41) is 8.06. The van der Waals surface area contributed by atoms with Crippen LogP contribution < -0.4 is 10.9 Å². The van der Waals surface area contributed by atoms with E-state index in [0.717, 1.165) is 33.6 Å². The number of carbonyl (C=O) groups excluding carboxylic acids is 1. The smallest absolute Gasteiger partial charge is 0.262 e. The summed E-state index contributed by atoms with van der Waals surface area (Å²) in [6.45, 7) is 8.01. The lowest BCUT2D eigenvalue weighted by molar-refractivity contribution is -0.113. The number of aryl methyl sites for hydroxylation is 3. The van der Waals surface area contributed by atoms with Crippen molar-refractivity contribution in [2.75, 3.05) is 11.1 Å². The van der Waals surface area contributed by atoms with Gasteiger partial charge in [0.2, 0.25) is 5.91 Å². The van der Waals surface area contributed by atoms with Gasteiger partial charge in [-0.15, -0.1) is 0 Å². The fourth-order valence-electron chi connectivity index (χ4n) is 3.49. The van der Waals surface area contributed by atoms with Crippen LogP contribution in [0.2, 0.25) is 0 Å². The van der Waals surface area contributed by atoms with Crippen LogP contribution in [0, 0.1) is 27.7 Å². The minimum atomic E-state index is -0.279. The Balaban J connectivity index is 1.58. The lowest BCUT2D eigenvalue weighted by atomic mass is 10.1. The van der Waals surface area contributed by atoms with Crippen LogP contribution in [-0.2, 0) is 4.79 Å². The zero-order valence-corrected chi connectivity index (χ0v) is 18.6. The SMILES string of the molecule is Cc1cc(C)cc(NC(=O)CSc2nc3c(cnn3-c3cccc(C)c3C)c(=O)[nH]2)c1. The number of hydrogen-bond donors (Lipinski definition) is 2. The number of rotatable bonds is 5. The van der Waals surface area contributed by atoms with E-state index in [9.17, 15) is 9.59 Å². The Morgan fingerprint density at radius 2 is 1.87 bits per heavy atom. The number of thioether (sulfide) groups is 1. The van der Waals surface area contributed by atoms with E-state index in [1.807, 2.05) is 64.1 Å². The summed E-state index contributed by atoms with van der Waals surface area (Å²) in [4.78, 5) is 32.3. The summed E-state index contributed by atoms with van der Waals surface area (Å²) in [5.74, 6) is -0.0419. The summed E-state index contributed by atoms with van der Waals surface area (Å²) in [5.41, 5.74) is 6.18. The first kappa shape index (κ1) is 20.9. The quantitative estimate of drug-likeness (QED) is 0.366. The number of anilines is 1. The minimum Gasteiger partial charge on any atom is -0.325 e. The Hall–Kier alpha value is -3.39. The zero-order valence-electron chi connectivity index (χ0n) is 17.8. The van der Waals surface area contributed by atoms with Crippen molar-refractivity contribution in [3.05, 3.63) is 75.2 Å². The second-order valence-corrected chi connectivity index (χ2v) is 8.56. The lowest BCUT2D eigenvalue weighted by Crippen LogP contribution is -2.16. The largest absolute Gasteiger partial charge is 0.325 e. The average Bonchev–Trinajstić information content (AvgIpc) is 3.12. The van der Waals surface area contributed by atoms with Crippen molar-refractivity contribution < 1.29 is 4.79 Å². The van der Waals surface area contributed by atoms with Gasteiger partial charge in [0.1, 0.15) is 5.39 Å². The van der Waals surface area contributed by atoms with Gasteiger partial charge in [-0.3, -0.25) is 9.59 Å². The first-order valence-corrected chi connectivity index (χ1v) is 10.9. The van der Waals surface area contributed by atoms with E-state index in [0.29, 0.717) is 16.2 Å². The van der Waals surface area contributed by atoms with Crippen LogP contribution in [0.4, 0.5) is 5.69 Å². The lowest BCUT2D eigenvalue weighted by Gasteiger charge is -2.10. The molecule has 0 unspecified atom stereocenters. The fraction of sp³-hybridized carbons (Fsp3) is 0.217. The van der Waals surface area contributed by atoms with Crippen LogP contribution in [0.25, 0.3) is 16.7 Å². The van der Waals surface area contributed by atoms with Gasteiger partial charge in [0.25, 0.3) is 5.56 Å². The Morgan fingerprint density at radius 3 is 2.61 bits per heavy atom. The predicted molar refractivity (Wildman–Crippen MR) is 124 cm³/mol. The Labute approximate surface area is 183 Å². The highest BCUT2D eigenvalue weighted by Crippen LogP contribution is 2.22. The van der Waals surface area contributed by atoms with Crippen LogP contribution in [-0.4, -0.2) is 31.4 Å². The fourth-order valence-corrected chi connectivity index (χ4v) is 4.14. The predicted octanol–water partition coefficient (Wildman–Crippen LogP) is 4.07. The van der Waals surface area contributed by atoms with E-state index in [-0.39, 0.29) is 17.2 Å². The van der Waals surface area contributed by atoms with E-state index in [1.54, 1.807) is 4.68 Å². The van der Waals surface area contributed by atoms with Crippen molar-refractivity contribution in [3.63, 3.8) is 0 Å². The molecule has 4 rings (SSSR count). The molecule has 158 valence electrons. The number of H-pyrrole nitrogens is 1. The number of carbonyl (C=O) groups is 1. The molecule has 2 heterocycles. The van der Waals surface area contributed by atoms with Gasteiger partial charge in [0.15, 0.2) is 10.8 Å². The molecule has 0 atom stereocenters. The van der Waals surface area contributed by atoms with Gasteiger partial charge < -0.3 is 10.3 Å². The van der Waals surface area contributed by atoms with E-state index in [2.05, 4.69) is 20.4 Å². The third-order valence-corrected chi connectivity index (χ3v) is 5.94. The van der Waals surface area contributed by atoms with Crippen molar-refractivity contribution in [2.45, 2.75) is 32.9 Å². The molecule has 2 aromatic carbocycles. The molecule has 0 fully saturated rings. The number of amides is 1. The van der Waals surface area contributed by atoms with Crippen LogP contribution in [0.15, 0.2) is 52.5 Å². The van der Waals surface area contributed by atoms with Crippen LogP contribution >= 0.6 is 11.8 Å². The number of hydrogen-bond acceptors (Lipinski definition) is 5. The molecule has 0 radical (unpaired) electrons. The molecule has 31 heavy (non-hydrogen) atoms. The molecule has 7 nitrogen and oxygen atoms in total. The second-order valence-electron chi connectivity index (χ2n) is 7.60. The van der Waals surface area contributed by atoms with E-state index >= 15 is 0 Å². The molecule has 8 heteroatoms. The van der Waals surface area contributed by atoms with Crippen molar-refractivity contribution in [1.29, 1.82) is 0 Å². The van der Waals surface area contributed by atoms with Gasteiger partial charge >= 0.3 is 0 Å². The van der Waals surface area contributed by atoms with Gasteiger partial charge in [-0.2, -0.15) is 5.10 Å². The Morgan fingerprint density at radius 1 is 1.13 bits per heavy atom. The first-order valence-electron chi connectivity index (χ1n) is 9.87. The summed E-state index contributed by atoms with van der Waals surface area (Å²) in [7, 11) is 0. The highest BCUT2D eigenvalue weighted by molar-refractivity contribution is 7.99. The van der Waals surface area contributed by atoms with E-state index in [4.69, 9.17) is 0 Å². The van der Waals surface area contributed by atoms with Gasteiger partial charge in [0.05, 0.1) is 17.6 Å². The first-order chi connectivity index (χ1) is 14.8. The Bertz CT molecular complexity index is 1340. The summed E-state index contributed by atoms with van der Waals surface area (Å²) in [6, 6.07) is 11.8. The molecule has 0 spiro atoms. The normalized spacial score (nSPS) is 11.1. The molecule has 0 aliphatic rings. The third-order valence-electron chi connectivity index (χ3n) is 5.07. The number of fused-ring (bicyclic) bond motifs is 1. The number of aromatic nitrogens is 4. The molecule has 0 aliphatic carbocycles. The average molecular weight is 434 g/mol. The summed E-state index contributed by atoms with van der Waals surface area (Å²) in [6.07, 6.45) is 1.52. The number of aromatic amines is 1. The second kappa shape index (κ2) is 8.39. The Kier molecular flexibility index (Phi) is 5.65. The molecule has 4 aromatic rings. The molecule has 0 bridgehead atoms. The van der Waals surface area contributed by atoms with Crippen molar-refractivity contribution in [3.8, 4) is 5.69 Å². The highest BCUT2D eigenvalue weighted by Gasteiger charge is 2.14. The van der Waals surface area contributed by atoms with Crippen LogP contribution in [0.5, 0.6) is 0 Å². The monoisotopic (exact) mass is 433 g/mol. The maximum atomic E-state index is 12.5. The highest BCUT2D eigenvalue weighted by atomic mass is 32.2. The van der Waals surface area contributed by atoms with Gasteiger partial charge in [-0.05, 0) is 68.1 Å². The third kappa shape index (κ3) is 4.39. The van der Waals surface area contributed by atoms with Crippen molar-refractivity contribution in [2.24, 2.45) is 0 Å².